The van der Waals surface area contributed by atoms with Crippen LogP contribution < -0.4 is 15.4 Å². The van der Waals surface area contributed by atoms with Crippen molar-refractivity contribution in [3.63, 3.8) is 0 Å². The highest BCUT2D eigenvalue weighted by Crippen LogP contribution is 2.19. The smallest absolute Gasteiger partial charge is 0.191 e. The molecule has 2 rings (SSSR count). The molecule has 5 nitrogen and oxygen atoms in total. The van der Waals surface area contributed by atoms with Gasteiger partial charge >= 0.3 is 0 Å². The first-order chi connectivity index (χ1) is 12.5. The lowest BCUT2D eigenvalue weighted by Gasteiger charge is -2.15. The van der Waals surface area contributed by atoms with Gasteiger partial charge in [-0.05, 0) is 32.3 Å². The van der Waals surface area contributed by atoms with Crippen LogP contribution in [0.25, 0.3) is 0 Å². The molecule has 0 spiro atoms. The van der Waals surface area contributed by atoms with E-state index in [1.54, 1.807) is 18.4 Å². The molecule has 150 valence electrons. The standard InChI is InChI=1S/C20H30N4OS.HI/c1-14(2)10-11-25-18-9-7-6-8-17(18)12-22-20(21-5)23-13-19-24-15(3)16(4)26-19;/h6-9,14H,10-13H2,1-5H3,(H2,21,22,23);1H. The first-order valence-electron chi connectivity index (χ1n) is 9.07. The summed E-state index contributed by atoms with van der Waals surface area (Å²) in [6.07, 6.45) is 1.05. The van der Waals surface area contributed by atoms with Gasteiger partial charge < -0.3 is 15.4 Å². The monoisotopic (exact) mass is 502 g/mol. The molecule has 1 aromatic heterocycles. The summed E-state index contributed by atoms with van der Waals surface area (Å²) in [6, 6.07) is 8.14. The minimum Gasteiger partial charge on any atom is -0.493 e. The lowest BCUT2D eigenvalue weighted by atomic mass is 10.1. The van der Waals surface area contributed by atoms with E-state index in [9.17, 15) is 0 Å². The Morgan fingerprint density at radius 1 is 1.19 bits per heavy atom. The number of para-hydroxylation sites is 1. The summed E-state index contributed by atoms with van der Waals surface area (Å²) in [6.45, 7) is 10.6. The number of nitrogens with one attached hydrogen (secondary N) is 2. The molecule has 0 radical (unpaired) electrons. The number of rotatable bonds is 8. The topological polar surface area (TPSA) is 58.5 Å². The van der Waals surface area contributed by atoms with Gasteiger partial charge in [0.1, 0.15) is 10.8 Å². The van der Waals surface area contributed by atoms with Crippen LogP contribution in [0, 0.1) is 19.8 Å². The van der Waals surface area contributed by atoms with Gasteiger partial charge in [0.15, 0.2) is 5.96 Å². The van der Waals surface area contributed by atoms with Crippen molar-refractivity contribution in [2.45, 2.75) is 47.2 Å². The summed E-state index contributed by atoms with van der Waals surface area (Å²) in [5.41, 5.74) is 2.22. The molecule has 7 heteroatoms. The van der Waals surface area contributed by atoms with E-state index in [-0.39, 0.29) is 24.0 Å². The number of thiazole rings is 1. The molecule has 27 heavy (non-hydrogen) atoms. The van der Waals surface area contributed by atoms with Crippen LogP contribution in [0.3, 0.4) is 0 Å². The van der Waals surface area contributed by atoms with E-state index >= 15 is 0 Å². The number of benzene rings is 1. The second kappa shape index (κ2) is 12.2. The average molecular weight is 502 g/mol. The van der Waals surface area contributed by atoms with E-state index in [4.69, 9.17) is 4.74 Å². The largest absolute Gasteiger partial charge is 0.493 e. The summed E-state index contributed by atoms with van der Waals surface area (Å²) >= 11 is 1.72. The molecule has 0 amide bonds. The molecule has 2 N–H and O–H groups in total. The van der Waals surface area contributed by atoms with Crippen molar-refractivity contribution >= 4 is 41.3 Å². The predicted molar refractivity (Wildman–Crippen MR) is 125 cm³/mol. The molecular formula is C20H31IN4OS. The van der Waals surface area contributed by atoms with Crippen molar-refractivity contribution in [2.24, 2.45) is 10.9 Å². The lowest BCUT2D eigenvalue weighted by molar-refractivity contribution is 0.286. The first kappa shape index (κ1) is 23.7. The normalized spacial score (nSPS) is 11.3. The van der Waals surface area contributed by atoms with Crippen LogP contribution in [-0.4, -0.2) is 24.6 Å². The number of hydrogen-bond donors (Lipinski definition) is 2. The van der Waals surface area contributed by atoms with Crippen molar-refractivity contribution in [1.29, 1.82) is 0 Å². The van der Waals surface area contributed by atoms with E-state index in [1.165, 1.54) is 4.88 Å². The second-order valence-corrected chi connectivity index (χ2v) is 7.95. The fraction of sp³-hybridized carbons (Fsp3) is 0.500. The molecule has 2 aromatic rings. The zero-order valence-electron chi connectivity index (χ0n) is 16.8. The maximum Gasteiger partial charge on any atom is 0.191 e. The molecular weight excluding hydrogens is 471 g/mol. The van der Waals surface area contributed by atoms with Crippen molar-refractivity contribution < 1.29 is 4.74 Å². The third-order valence-electron chi connectivity index (χ3n) is 4.08. The number of guanidine groups is 1. The van der Waals surface area contributed by atoms with Gasteiger partial charge in [-0.1, -0.05) is 32.0 Å². The van der Waals surface area contributed by atoms with Crippen LogP contribution in [0.15, 0.2) is 29.3 Å². The highest BCUT2D eigenvalue weighted by Gasteiger charge is 2.07. The van der Waals surface area contributed by atoms with Gasteiger partial charge in [0, 0.05) is 24.0 Å². The van der Waals surface area contributed by atoms with Crippen LogP contribution in [0.2, 0.25) is 0 Å². The molecule has 0 atom stereocenters. The van der Waals surface area contributed by atoms with Crippen molar-refractivity contribution in [3.05, 3.63) is 45.4 Å². The Labute approximate surface area is 184 Å². The highest BCUT2D eigenvalue weighted by molar-refractivity contribution is 14.0. The molecule has 0 bridgehead atoms. The number of aryl methyl sites for hydroxylation is 2. The van der Waals surface area contributed by atoms with Gasteiger partial charge in [0.05, 0.1) is 18.8 Å². The molecule has 1 aromatic carbocycles. The number of ether oxygens (including phenoxy) is 1. The zero-order valence-corrected chi connectivity index (χ0v) is 20.0. The van der Waals surface area contributed by atoms with Gasteiger partial charge in [-0.3, -0.25) is 4.99 Å². The average Bonchev–Trinajstić information content (AvgIpc) is 2.94. The van der Waals surface area contributed by atoms with Crippen LogP contribution >= 0.6 is 35.3 Å². The maximum atomic E-state index is 5.95. The maximum absolute atomic E-state index is 5.95. The summed E-state index contributed by atoms with van der Waals surface area (Å²) in [5, 5.41) is 7.74. The van der Waals surface area contributed by atoms with Crippen LogP contribution in [0.1, 0.15) is 41.4 Å². The van der Waals surface area contributed by atoms with Gasteiger partial charge in [-0.25, -0.2) is 4.98 Å². The van der Waals surface area contributed by atoms with Gasteiger partial charge in [0.2, 0.25) is 0 Å². The minimum atomic E-state index is 0. The van der Waals surface area contributed by atoms with Gasteiger partial charge in [-0.2, -0.15) is 0 Å². The second-order valence-electron chi connectivity index (χ2n) is 6.67. The van der Waals surface area contributed by atoms with Gasteiger partial charge in [-0.15, -0.1) is 35.3 Å². The van der Waals surface area contributed by atoms with E-state index in [1.807, 2.05) is 25.1 Å². The molecule has 0 saturated carbocycles. The molecule has 0 unspecified atom stereocenters. The summed E-state index contributed by atoms with van der Waals surface area (Å²) in [4.78, 5) is 10.1. The molecule has 0 aliphatic heterocycles. The third-order valence-corrected chi connectivity index (χ3v) is 5.15. The summed E-state index contributed by atoms with van der Waals surface area (Å²) in [5.74, 6) is 2.33. The van der Waals surface area contributed by atoms with Crippen LogP contribution in [-0.2, 0) is 13.1 Å². The van der Waals surface area contributed by atoms with E-state index in [0.29, 0.717) is 19.0 Å². The number of aliphatic imine (C=N–C) groups is 1. The minimum absolute atomic E-state index is 0. The molecule has 0 fully saturated rings. The predicted octanol–water partition coefficient (Wildman–Crippen LogP) is 4.67. The Morgan fingerprint density at radius 2 is 1.89 bits per heavy atom. The van der Waals surface area contributed by atoms with Crippen molar-refractivity contribution in [3.8, 4) is 5.75 Å². The number of hydrogen-bond acceptors (Lipinski definition) is 4. The van der Waals surface area contributed by atoms with Crippen LogP contribution in [0.5, 0.6) is 5.75 Å². The quantitative estimate of drug-likeness (QED) is 0.313. The Hall–Kier alpha value is -1.35. The fourth-order valence-corrected chi connectivity index (χ4v) is 3.24. The first-order valence-corrected chi connectivity index (χ1v) is 9.89. The van der Waals surface area contributed by atoms with Crippen molar-refractivity contribution in [2.75, 3.05) is 13.7 Å². The molecule has 0 saturated heterocycles. The van der Waals surface area contributed by atoms with Crippen LogP contribution in [0.4, 0.5) is 0 Å². The SMILES string of the molecule is CN=C(NCc1nc(C)c(C)s1)NCc1ccccc1OCCC(C)C.I. The number of aromatic nitrogens is 1. The lowest BCUT2D eigenvalue weighted by Crippen LogP contribution is -2.36. The molecule has 0 aliphatic carbocycles. The Kier molecular flexibility index (Phi) is 10.7. The number of nitrogens with zero attached hydrogens (tertiary/aromatic N) is 2. The summed E-state index contributed by atoms with van der Waals surface area (Å²) in [7, 11) is 1.78. The van der Waals surface area contributed by atoms with E-state index < -0.39 is 0 Å². The Bertz CT molecular complexity index is 711. The summed E-state index contributed by atoms with van der Waals surface area (Å²) < 4.78 is 5.95. The highest BCUT2D eigenvalue weighted by atomic mass is 127. The molecule has 1 heterocycles. The third kappa shape index (κ3) is 8.04. The van der Waals surface area contributed by atoms with E-state index in [2.05, 4.69) is 47.4 Å². The molecule has 0 aliphatic rings. The Morgan fingerprint density at radius 3 is 2.52 bits per heavy atom. The van der Waals surface area contributed by atoms with Gasteiger partial charge in [0.25, 0.3) is 0 Å². The fourth-order valence-electron chi connectivity index (χ4n) is 2.37. The zero-order chi connectivity index (χ0) is 18.9. The number of halogens is 1. The Balaban J connectivity index is 0.00000364. The van der Waals surface area contributed by atoms with Crippen molar-refractivity contribution in [1.82, 2.24) is 15.6 Å². The van der Waals surface area contributed by atoms with E-state index in [0.717, 1.165) is 41.0 Å².